The molecular weight excluding hydrogens is 156 g/mol. The van der Waals surface area contributed by atoms with Gasteiger partial charge >= 0.3 is 6.03 Å². The van der Waals surface area contributed by atoms with Gasteiger partial charge in [0, 0.05) is 25.5 Å². The molecular formula is C7H8N4O. The predicted octanol–water partition coefficient (Wildman–Crippen LogP) is 0.00620. The Bertz CT molecular complexity index is 287. The van der Waals surface area contributed by atoms with Gasteiger partial charge in [-0.05, 0) is 6.07 Å². The molecule has 0 bridgehead atoms. The Morgan fingerprint density at radius 1 is 1.42 bits per heavy atom. The maximum Gasteiger partial charge on any atom is 0.324 e. The molecule has 62 valence electrons. The molecule has 2 amide bonds. The largest absolute Gasteiger partial charge is 0.336 e. The monoisotopic (exact) mass is 164 g/mol. The second-order valence-electron chi connectivity index (χ2n) is 2.43. The molecule has 1 aliphatic rings. The van der Waals surface area contributed by atoms with Gasteiger partial charge in [0.15, 0.2) is 0 Å². The van der Waals surface area contributed by atoms with Gasteiger partial charge in [0.25, 0.3) is 0 Å². The van der Waals surface area contributed by atoms with E-state index >= 15 is 0 Å². The van der Waals surface area contributed by atoms with Crippen molar-refractivity contribution in [3.63, 3.8) is 0 Å². The number of aromatic nitrogens is 2. The normalized spacial score (nSPS) is 16.3. The third-order valence-electron chi connectivity index (χ3n) is 1.65. The molecule has 12 heavy (non-hydrogen) atoms. The SMILES string of the molecule is O=C1NCCN1c1ncccn1. The van der Waals surface area contributed by atoms with Crippen molar-refractivity contribution in [1.29, 1.82) is 0 Å². The molecule has 5 heteroatoms. The van der Waals surface area contributed by atoms with Gasteiger partial charge in [0.2, 0.25) is 5.95 Å². The number of amides is 2. The average molecular weight is 164 g/mol. The van der Waals surface area contributed by atoms with E-state index in [9.17, 15) is 4.79 Å². The van der Waals surface area contributed by atoms with E-state index in [4.69, 9.17) is 0 Å². The minimum atomic E-state index is -0.124. The quantitative estimate of drug-likeness (QED) is 0.635. The van der Waals surface area contributed by atoms with Crippen molar-refractivity contribution in [2.75, 3.05) is 18.0 Å². The minimum Gasteiger partial charge on any atom is -0.336 e. The zero-order chi connectivity index (χ0) is 8.39. The van der Waals surface area contributed by atoms with E-state index in [-0.39, 0.29) is 6.03 Å². The third-order valence-corrected chi connectivity index (χ3v) is 1.65. The maximum absolute atomic E-state index is 11.1. The molecule has 0 saturated carbocycles. The number of urea groups is 1. The third kappa shape index (κ3) is 1.09. The van der Waals surface area contributed by atoms with Crippen LogP contribution in [0.5, 0.6) is 0 Å². The highest BCUT2D eigenvalue weighted by Gasteiger charge is 2.22. The summed E-state index contributed by atoms with van der Waals surface area (Å²) in [6.45, 7) is 1.31. The molecule has 1 aromatic rings. The van der Waals surface area contributed by atoms with Gasteiger partial charge in [-0.15, -0.1) is 0 Å². The Kier molecular flexibility index (Phi) is 1.62. The number of nitrogens with zero attached hydrogens (tertiary/aromatic N) is 3. The first-order chi connectivity index (χ1) is 5.88. The van der Waals surface area contributed by atoms with Gasteiger partial charge in [-0.3, -0.25) is 4.90 Å². The Labute approximate surface area is 69.4 Å². The molecule has 0 unspecified atom stereocenters. The van der Waals surface area contributed by atoms with Crippen molar-refractivity contribution in [3.05, 3.63) is 18.5 Å². The fourth-order valence-electron chi connectivity index (χ4n) is 1.09. The molecule has 5 nitrogen and oxygen atoms in total. The zero-order valence-corrected chi connectivity index (χ0v) is 6.40. The Morgan fingerprint density at radius 2 is 2.17 bits per heavy atom. The average Bonchev–Trinajstić information content (AvgIpc) is 2.53. The molecule has 0 radical (unpaired) electrons. The minimum absolute atomic E-state index is 0.124. The maximum atomic E-state index is 11.1. The summed E-state index contributed by atoms with van der Waals surface area (Å²) in [5.41, 5.74) is 0. The highest BCUT2D eigenvalue weighted by atomic mass is 16.2. The van der Waals surface area contributed by atoms with Crippen LogP contribution in [0.15, 0.2) is 18.5 Å². The molecule has 0 atom stereocenters. The summed E-state index contributed by atoms with van der Waals surface area (Å²) in [6, 6.07) is 1.60. The highest BCUT2D eigenvalue weighted by Crippen LogP contribution is 2.07. The van der Waals surface area contributed by atoms with Crippen LogP contribution in [0.3, 0.4) is 0 Å². The lowest BCUT2D eigenvalue weighted by Crippen LogP contribution is -2.29. The number of carbonyl (C=O) groups is 1. The van der Waals surface area contributed by atoms with E-state index < -0.39 is 0 Å². The molecule has 1 aliphatic heterocycles. The van der Waals surface area contributed by atoms with Crippen molar-refractivity contribution in [2.45, 2.75) is 0 Å². The number of rotatable bonds is 1. The molecule has 0 spiro atoms. The second kappa shape index (κ2) is 2.77. The Balaban J connectivity index is 2.25. The van der Waals surface area contributed by atoms with E-state index in [1.165, 1.54) is 4.90 Å². The fourth-order valence-corrected chi connectivity index (χ4v) is 1.09. The van der Waals surface area contributed by atoms with Gasteiger partial charge in [-0.2, -0.15) is 0 Å². The molecule has 2 heterocycles. The van der Waals surface area contributed by atoms with Gasteiger partial charge < -0.3 is 5.32 Å². The van der Waals surface area contributed by atoms with Crippen molar-refractivity contribution < 1.29 is 4.79 Å². The van der Waals surface area contributed by atoms with E-state index in [0.29, 0.717) is 19.0 Å². The summed E-state index contributed by atoms with van der Waals surface area (Å²) < 4.78 is 0. The predicted molar refractivity (Wildman–Crippen MR) is 42.8 cm³/mol. The van der Waals surface area contributed by atoms with Crippen LogP contribution in [0, 0.1) is 0 Å². The number of carbonyl (C=O) groups excluding carboxylic acids is 1. The first kappa shape index (κ1) is 7.02. The van der Waals surface area contributed by atoms with Crippen LogP contribution >= 0.6 is 0 Å². The van der Waals surface area contributed by atoms with Crippen molar-refractivity contribution in [2.24, 2.45) is 0 Å². The van der Waals surface area contributed by atoms with Crippen LogP contribution in [-0.2, 0) is 0 Å². The lowest BCUT2D eigenvalue weighted by atomic mass is 10.6. The Morgan fingerprint density at radius 3 is 2.75 bits per heavy atom. The summed E-state index contributed by atoms with van der Waals surface area (Å²) >= 11 is 0. The summed E-state index contributed by atoms with van der Waals surface area (Å²) in [4.78, 5) is 20.6. The van der Waals surface area contributed by atoms with Crippen LogP contribution in [0.2, 0.25) is 0 Å². The van der Waals surface area contributed by atoms with Gasteiger partial charge in [-0.1, -0.05) is 0 Å². The summed E-state index contributed by atoms with van der Waals surface area (Å²) in [6.07, 6.45) is 3.24. The van der Waals surface area contributed by atoms with Gasteiger partial charge in [0.05, 0.1) is 0 Å². The topological polar surface area (TPSA) is 58.1 Å². The number of hydrogen-bond acceptors (Lipinski definition) is 3. The molecule has 1 N–H and O–H groups in total. The first-order valence-corrected chi connectivity index (χ1v) is 3.70. The second-order valence-corrected chi connectivity index (χ2v) is 2.43. The standard InChI is InChI=1S/C7H8N4O/c12-7-10-4-5-11(7)6-8-2-1-3-9-6/h1-3H,4-5H2,(H,10,12). The fraction of sp³-hybridized carbons (Fsp3) is 0.286. The van der Waals surface area contributed by atoms with E-state index in [1.54, 1.807) is 18.5 Å². The van der Waals surface area contributed by atoms with Crippen LogP contribution in [0.25, 0.3) is 0 Å². The number of hydrogen-bond donors (Lipinski definition) is 1. The molecule has 1 aromatic heterocycles. The summed E-state index contributed by atoms with van der Waals surface area (Å²) in [5.74, 6) is 0.465. The van der Waals surface area contributed by atoms with Gasteiger partial charge in [-0.25, -0.2) is 14.8 Å². The number of nitrogens with one attached hydrogen (secondary N) is 1. The van der Waals surface area contributed by atoms with Crippen LogP contribution < -0.4 is 10.2 Å². The molecule has 1 fully saturated rings. The number of anilines is 1. The van der Waals surface area contributed by atoms with E-state index in [1.807, 2.05) is 0 Å². The van der Waals surface area contributed by atoms with E-state index in [0.717, 1.165) is 0 Å². The van der Waals surface area contributed by atoms with Crippen LogP contribution in [0.4, 0.5) is 10.7 Å². The molecule has 2 rings (SSSR count). The zero-order valence-electron chi connectivity index (χ0n) is 6.40. The first-order valence-electron chi connectivity index (χ1n) is 3.70. The molecule has 0 aromatic carbocycles. The summed E-state index contributed by atoms with van der Waals surface area (Å²) in [7, 11) is 0. The lowest BCUT2D eigenvalue weighted by Gasteiger charge is -2.09. The smallest absolute Gasteiger partial charge is 0.324 e. The van der Waals surface area contributed by atoms with Gasteiger partial charge in [0.1, 0.15) is 0 Å². The summed E-state index contributed by atoms with van der Waals surface area (Å²) in [5, 5.41) is 2.68. The van der Waals surface area contributed by atoms with Crippen LogP contribution in [-0.4, -0.2) is 29.1 Å². The van der Waals surface area contributed by atoms with Crippen molar-refractivity contribution in [3.8, 4) is 0 Å². The Hall–Kier alpha value is -1.65. The highest BCUT2D eigenvalue weighted by molar-refractivity contribution is 5.92. The lowest BCUT2D eigenvalue weighted by molar-refractivity contribution is 0.252. The molecule has 1 saturated heterocycles. The van der Waals surface area contributed by atoms with Crippen molar-refractivity contribution in [1.82, 2.24) is 15.3 Å². The molecule has 0 aliphatic carbocycles. The van der Waals surface area contributed by atoms with E-state index in [2.05, 4.69) is 15.3 Å². The van der Waals surface area contributed by atoms with Crippen LogP contribution in [0.1, 0.15) is 0 Å². The van der Waals surface area contributed by atoms with Crippen molar-refractivity contribution >= 4 is 12.0 Å².